The molecule has 1 aromatic carbocycles. The van der Waals surface area contributed by atoms with E-state index in [0.29, 0.717) is 18.0 Å². The molecule has 3 heterocycles. The van der Waals surface area contributed by atoms with Gasteiger partial charge < -0.3 is 9.84 Å². The third-order valence-corrected chi connectivity index (χ3v) is 4.42. The van der Waals surface area contributed by atoms with Crippen LogP contribution in [0.2, 0.25) is 0 Å². The lowest BCUT2D eigenvalue weighted by Crippen LogP contribution is -2.02. The largest absolute Gasteiger partial charge is 0.453 e. The molecule has 4 aromatic rings. The van der Waals surface area contributed by atoms with Crippen molar-refractivity contribution < 1.29 is 9.84 Å². The average Bonchev–Trinajstić information content (AvgIpc) is 3.04. The standard InChI is InChI=1S/C21H20N4O2/c1-14-11-19(18-13-25(9-10-26)24-15(18)2)23-21-17(14)6-3-7-20(21)27-16-5-4-8-22-12-16/h3-8,11-13,26H,9-10H2,1-2H3. The lowest BCUT2D eigenvalue weighted by atomic mass is 10.1. The Balaban J connectivity index is 1.83. The van der Waals surface area contributed by atoms with Crippen molar-refractivity contribution in [2.24, 2.45) is 0 Å². The molecule has 4 rings (SSSR count). The molecule has 0 saturated heterocycles. The van der Waals surface area contributed by atoms with Gasteiger partial charge in [0.25, 0.3) is 0 Å². The van der Waals surface area contributed by atoms with Gasteiger partial charge in [0.1, 0.15) is 11.3 Å². The Hall–Kier alpha value is -3.25. The van der Waals surface area contributed by atoms with Crippen LogP contribution in [0.15, 0.2) is 55.0 Å². The van der Waals surface area contributed by atoms with Crippen LogP contribution in [0, 0.1) is 13.8 Å². The predicted molar refractivity (Wildman–Crippen MR) is 104 cm³/mol. The van der Waals surface area contributed by atoms with Crippen molar-refractivity contribution in [3.8, 4) is 22.8 Å². The normalized spacial score (nSPS) is 11.1. The molecule has 0 amide bonds. The maximum absolute atomic E-state index is 9.15. The smallest absolute Gasteiger partial charge is 0.153 e. The summed E-state index contributed by atoms with van der Waals surface area (Å²) in [6.07, 6.45) is 5.31. The summed E-state index contributed by atoms with van der Waals surface area (Å²) in [5.41, 5.74) is 4.57. The first kappa shape index (κ1) is 17.2. The van der Waals surface area contributed by atoms with Gasteiger partial charge in [0.2, 0.25) is 0 Å². The Morgan fingerprint density at radius 3 is 2.81 bits per heavy atom. The highest BCUT2D eigenvalue weighted by molar-refractivity contribution is 5.89. The van der Waals surface area contributed by atoms with Crippen LogP contribution in [-0.4, -0.2) is 31.5 Å². The first-order chi connectivity index (χ1) is 13.2. The van der Waals surface area contributed by atoms with Gasteiger partial charge >= 0.3 is 0 Å². The lowest BCUT2D eigenvalue weighted by Gasteiger charge is -2.11. The van der Waals surface area contributed by atoms with Crippen LogP contribution < -0.4 is 4.74 Å². The number of ether oxygens (including phenoxy) is 1. The van der Waals surface area contributed by atoms with Crippen LogP contribution in [0.4, 0.5) is 0 Å². The molecule has 6 heteroatoms. The number of hydrogen-bond acceptors (Lipinski definition) is 5. The molecule has 0 bridgehead atoms. The molecule has 0 aliphatic heterocycles. The molecule has 0 fully saturated rings. The molecule has 0 atom stereocenters. The number of rotatable bonds is 5. The fourth-order valence-corrected chi connectivity index (χ4v) is 3.13. The van der Waals surface area contributed by atoms with E-state index in [4.69, 9.17) is 14.8 Å². The summed E-state index contributed by atoms with van der Waals surface area (Å²) in [4.78, 5) is 8.97. The highest BCUT2D eigenvalue weighted by Crippen LogP contribution is 2.33. The van der Waals surface area contributed by atoms with Gasteiger partial charge in [-0.15, -0.1) is 0 Å². The molecule has 0 radical (unpaired) electrons. The van der Waals surface area contributed by atoms with Crippen LogP contribution in [0.5, 0.6) is 11.5 Å². The Kier molecular flexibility index (Phi) is 4.56. The van der Waals surface area contributed by atoms with Crippen LogP contribution in [-0.2, 0) is 6.54 Å². The molecule has 0 spiro atoms. The van der Waals surface area contributed by atoms with Gasteiger partial charge in [0.15, 0.2) is 5.75 Å². The maximum atomic E-state index is 9.15. The van der Waals surface area contributed by atoms with Crippen LogP contribution in [0.25, 0.3) is 22.2 Å². The quantitative estimate of drug-likeness (QED) is 0.584. The summed E-state index contributed by atoms with van der Waals surface area (Å²) in [5.74, 6) is 1.35. The van der Waals surface area contributed by atoms with Crippen molar-refractivity contribution in [3.63, 3.8) is 0 Å². The Morgan fingerprint density at radius 2 is 2.04 bits per heavy atom. The van der Waals surface area contributed by atoms with Crippen molar-refractivity contribution in [1.82, 2.24) is 19.7 Å². The maximum Gasteiger partial charge on any atom is 0.153 e. The summed E-state index contributed by atoms with van der Waals surface area (Å²) in [5, 5.41) is 14.7. The first-order valence-electron chi connectivity index (χ1n) is 8.79. The second-order valence-corrected chi connectivity index (χ2v) is 6.38. The number of aryl methyl sites for hydroxylation is 2. The Labute approximate surface area is 157 Å². The minimum absolute atomic E-state index is 0.0494. The Morgan fingerprint density at radius 1 is 1.15 bits per heavy atom. The molecule has 0 unspecified atom stereocenters. The average molecular weight is 360 g/mol. The zero-order chi connectivity index (χ0) is 18.8. The number of aromatic nitrogens is 4. The van der Waals surface area contributed by atoms with E-state index >= 15 is 0 Å². The third kappa shape index (κ3) is 3.39. The van der Waals surface area contributed by atoms with Crippen molar-refractivity contribution >= 4 is 10.9 Å². The van der Waals surface area contributed by atoms with Crippen LogP contribution in [0.1, 0.15) is 11.3 Å². The van der Waals surface area contributed by atoms with E-state index < -0.39 is 0 Å². The summed E-state index contributed by atoms with van der Waals surface area (Å²) >= 11 is 0. The lowest BCUT2D eigenvalue weighted by molar-refractivity contribution is 0.269. The van der Waals surface area contributed by atoms with Crippen LogP contribution in [0.3, 0.4) is 0 Å². The molecule has 27 heavy (non-hydrogen) atoms. The molecule has 6 nitrogen and oxygen atoms in total. The van der Waals surface area contributed by atoms with E-state index in [9.17, 15) is 0 Å². The molecule has 1 N–H and O–H groups in total. The topological polar surface area (TPSA) is 73.1 Å². The summed E-state index contributed by atoms with van der Waals surface area (Å²) in [6, 6.07) is 11.7. The molecule has 0 aliphatic rings. The number of benzene rings is 1. The van der Waals surface area contributed by atoms with E-state index in [1.807, 2.05) is 43.5 Å². The van der Waals surface area contributed by atoms with Crippen molar-refractivity contribution in [3.05, 3.63) is 66.2 Å². The molecule has 0 saturated carbocycles. The minimum atomic E-state index is 0.0494. The zero-order valence-electron chi connectivity index (χ0n) is 15.3. The van der Waals surface area contributed by atoms with Crippen molar-refractivity contribution in [2.75, 3.05) is 6.61 Å². The van der Waals surface area contributed by atoms with Crippen molar-refractivity contribution in [1.29, 1.82) is 0 Å². The highest BCUT2D eigenvalue weighted by atomic mass is 16.5. The van der Waals surface area contributed by atoms with E-state index in [2.05, 4.69) is 23.1 Å². The minimum Gasteiger partial charge on any atom is -0.453 e. The highest BCUT2D eigenvalue weighted by Gasteiger charge is 2.14. The SMILES string of the molecule is Cc1nn(CCO)cc1-c1cc(C)c2cccc(Oc3cccnc3)c2n1. The number of nitrogens with zero attached hydrogens (tertiary/aromatic N) is 4. The zero-order valence-corrected chi connectivity index (χ0v) is 15.3. The number of hydrogen-bond donors (Lipinski definition) is 1. The fourth-order valence-electron chi connectivity index (χ4n) is 3.13. The van der Waals surface area contributed by atoms with E-state index in [-0.39, 0.29) is 6.61 Å². The second kappa shape index (κ2) is 7.17. The summed E-state index contributed by atoms with van der Waals surface area (Å²) in [6.45, 7) is 4.52. The molecule has 0 aliphatic carbocycles. The monoisotopic (exact) mass is 360 g/mol. The van der Waals surface area contributed by atoms with E-state index in [0.717, 1.165) is 33.4 Å². The van der Waals surface area contributed by atoms with Gasteiger partial charge in [-0.1, -0.05) is 12.1 Å². The number of pyridine rings is 2. The first-order valence-corrected chi connectivity index (χ1v) is 8.79. The van der Waals surface area contributed by atoms with E-state index in [1.165, 1.54) is 0 Å². The number of aliphatic hydroxyl groups is 1. The third-order valence-electron chi connectivity index (χ3n) is 4.42. The van der Waals surface area contributed by atoms with E-state index in [1.54, 1.807) is 17.1 Å². The van der Waals surface area contributed by atoms with Gasteiger partial charge in [0.05, 0.1) is 30.7 Å². The number of para-hydroxylation sites is 1. The van der Waals surface area contributed by atoms with Gasteiger partial charge in [-0.2, -0.15) is 5.10 Å². The molecule has 3 aromatic heterocycles. The summed E-state index contributed by atoms with van der Waals surface area (Å²) < 4.78 is 7.77. The number of aliphatic hydroxyl groups excluding tert-OH is 1. The van der Waals surface area contributed by atoms with Crippen LogP contribution >= 0.6 is 0 Å². The molecular formula is C21H20N4O2. The van der Waals surface area contributed by atoms with Gasteiger partial charge in [-0.05, 0) is 43.7 Å². The fraction of sp³-hybridized carbons (Fsp3) is 0.190. The summed E-state index contributed by atoms with van der Waals surface area (Å²) in [7, 11) is 0. The number of fused-ring (bicyclic) bond motifs is 1. The van der Waals surface area contributed by atoms with Gasteiger partial charge in [-0.3, -0.25) is 9.67 Å². The van der Waals surface area contributed by atoms with Gasteiger partial charge in [0, 0.05) is 23.3 Å². The predicted octanol–water partition coefficient (Wildman–Crippen LogP) is 3.89. The Bertz CT molecular complexity index is 1090. The molecule has 136 valence electrons. The van der Waals surface area contributed by atoms with Gasteiger partial charge in [-0.25, -0.2) is 4.98 Å². The molecular weight excluding hydrogens is 340 g/mol. The second-order valence-electron chi connectivity index (χ2n) is 6.38. The van der Waals surface area contributed by atoms with Crippen molar-refractivity contribution in [2.45, 2.75) is 20.4 Å².